The molecule has 2 atom stereocenters. The molecule has 1 saturated heterocycles. The molecular formula is C22H28ClN3O3. The smallest absolute Gasteiger partial charge is 0.276 e. The van der Waals surface area contributed by atoms with E-state index in [1.807, 2.05) is 26.0 Å². The van der Waals surface area contributed by atoms with E-state index in [-0.39, 0.29) is 29.5 Å². The van der Waals surface area contributed by atoms with Gasteiger partial charge in [-0.2, -0.15) is 0 Å². The summed E-state index contributed by atoms with van der Waals surface area (Å²) in [6, 6.07) is 8.23. The van der Waals surface area contributed by atoms with Gasteiger partial charge < -0.3 is 14.7 Å². The summed E-state index contributed by atoms with van der Waals surface area (Å²) < 4.78 is 5.40. The Morgan fingerprint density at radius 3 is 2.62 bits per heavy atom. The number of nitrogens with one attached hydrogen (secondary N) is 1. The van der Waals surface area contributed by atoms with Gasteiger partial charge in [-0.25, -0.2) is 0 Å². The molecule has 0 spiro atoms. The van der Waals surface area contributed by atoms with Crippen molar-refractivity contribution < 1.29 is 14.1 Å². The van der Waals surface area contributed by atoms with Crippen LogP contribution in [0.4, 0.5) is 0 Å². The first-order valence-electron chi connectivity index (χ1n) is 10.1. The largest absolute Gasteiger partial charge is 0.355 e. The van der Waals surface area contributed by atoms with Crippen molar-refractivity contribution in [2.75, 3.05) is 6.54 Å². The SMILES string of the molecule is CC(C)C[C@H]1CN(C(=O)c2cc(-c3cccc(Cl)c3)on2)[C@@H](CC(C)C)C(=O)N1. The lowest BCUT2D eigenvalue weighted by Crippen LogP contribution is -2.62. The maximum absolute atomic E-state index is 13.3. The molecule has 2 amide bonds. The number of halogens is 1. The van der Waals surface area contributed by atoms with Crippen LogP contribution in [0.3, 0.4) is 0 Å². The molecule has 2 aromatic rings. The van der Waals surface area contributed by atoms with E-state index in [9.17, 15) is 9.59 Å². The third kappa shape index (κ3) is 5.18. The Kier molecular flexibility index (Phi) is 6.63. The summed E-state index contributed by atoms with van der Waals surface area (Å²) in [6.45, 7) is 8.77. The zero-order valence-electron chi connectivity index (χ0n) is 17.3. The van der Waals surface area contributed by atoms with Gasteiger partial charge in [-0.3, -0.25) is 9.59 Å². The van der Waals surface area contributed by atoms with Crippen LogP contribution in [-0.4, -0.2) is 40.5 Å². The van der Waals surface area contributed by atoms with Crippen LogP contribution in [0, 0.1) is 11.8 Å². The van der Waals surface area contributed by atoms with Gasteiger partial charge in [-0.15, -0.1) is 0 Å². The Balaban J connectivity index is 1.86. The summed E-state index contributed by atoms with van der Waals surface area (Å²) in [7, 11) is 0. The number of amides is 2. The highest BCUT2D eigenvalue weighted by atomic mass is 35.5. The molecule has 1 N–H and O–H groups in total. The molecule has 29 heavy (non-hydrogen) atoms. The number of carbonyl (C=O) groups excluding carboxylic acids is 2. The highest BCUT2D eigenvalue weighted by molar-refractivity contribution is 6.30. The molecule has 0 aliphatic carbocycles. The number of hydrogen-bond donors (Lipinski definition) is 1. The number of benzene rings is 1. The van der Waals surface area contributed by atoms with Gasteiger partial charge >= 0.3 is 0 Å². The van der Waals surface area contributed by atoms with E-state index in [2.05, 4.69) is 24.3 Å². The normalized spacial score (nSPS) is 19.7. The number of carbonyl (C=O) groups is 2. The van der Waals surface area contributed by atoms with E-state index in [4.69, 9.17) is 16.1 Å². The fraction of sp³-hybridized carbons (Fsp3) is 0.500. The minimum Gasteiger partial charge on any atom is -0.355 e. The van der Waals surface area contributed by atoms with E-state index in [1.165, 1.54) is 0 Å². The Labute approximate surface area is 176 Å². The lowest BCUT2D eigenvalue weighted by atomic mass is 9.94. The molecule has 1 aromatic heterocycles. The van der Waals surface area contributed by atoms with Crippen molar-refractivity contribution in [2.24, 2.45) is 11.8 Å². The van der Waals surface area contributed by atoms with E-state index >= 15 is 0 Å². The molecule has 2 heterocycles. The van der Waals surface area contributed by atoms with Crippen molar-refractivity contribution in [2.45, 2.75) is 52.6 Å². The summed E-state index contributed by atoms with van der Waals surface area (Å²) in [5.41, 5.74) is 0.948. The van der Waals surface area contributed by atoms with Crippen LogP contribution in [0.15, 0.2) is 34.9 Å². The third-order valence-electron chi connectivity index (χ3n) is 4.99. The van der Waals surface area contributed by atoms with E-state index < -0.39 is 6.04 Å². The molecule has 6 nitrogen and oxygen atoms in total. The first kappa shape index (κ1) is 21.4. The van der Waals surface area contributed by atoms with E-state index in [0.29, 0.717) is 29.7 Å². The average molecular weight is 418 g/mol. The summed E-state index contributed by atoms with van der Waals surface area (Å²) in [6.07, 6.45) is 1.42. The molecule has 0 saturated carbocycles. The Morgan fingerprint density at radius 2 is 1.97 bits per heavy atom. The van der Waals surface area contributed by atoms with Gasteiger partial charge in [0.1, 0.15) is 6.04 Å². The van der Waals surface area contributed by atoms with Crippen LogP contribution < -0.4 is 5.32 Å². The monoisotopic (exact) mass is 417 g/mol. The molecule has 1 fully saturated rings. The van der Waals surface area contributed by atoms with E-state index in [0.717, 1.165) is 12.0 Å². The number of hydrogen-bond acceptors (Lipinski definition) is 4. The van der Waals surface area contributed by atoms with Crippen molar-refractivity contribution in [1.29, 1.82) is 0 Å². The van der Waals surface area contributed by atoms with Crippen LogP contribution in [0.5, 0.6) is 0 Å². The minimum atomic E-state index is -0.503. The summed E-state index contributed by atoms with van der Waals surface area (Å²) in [5.74, 6) is 0.789. The minimum absolute atomic E-state index is 0.0610. The van der Waals surface area contributed by atoms with Crippen molar-refractivity contribution in [3.63, 3.8) is 0 Å². The maximum Gasteiger partial charge on any atom is 0.276 e. The molecule has 3 rings (SSSR count). The van der Waals surface area contributed by atoms with Gasteiger partial charge in [-0.1, -0.05) is 56.6 Å². The molecule has 0 bridgehead atoms. The lowest BCUT2D eigenvalue weighted by Gasteiger charge is -2.40. The second kappa shape index (κ2) is 8.99. The van der Waals surface area contributed by atoms with Crippen LogP contribution >= 0.6 is 11.6 Å². The van der Waals surface area contributed by atoms with Crippen molar-refractivity contribution in [1.82, 2.24) is 15.4 Å². The van der Waals surface area contributed by atoms with Crippen molar-refractivity contribution >= 4 is 23.4 Å². The second-order valence-corrected chi connectivity index (χ2v) is 8.96. The first-order valence-corrected chi connectivity index (χ1v) is 10.5. The highest BCUT2D eigenvalue weighted by Gasteiger charge is 2.38. The molecule has 1 aliphatic heterocycles. The van der Waals surface area contributed by atoms with Gasteiger partial charge in [0.25, 0.3) is 5.91 Å². The Hall–Kier alpha value is -2.34. The molecular weight excluding hydrogens is 390 g/mol. The molecule has 1 aromatic carbocycles. The Bertz CT molecular complexity index is 878. The molecule has 156 valence electrons. The number of nitrogens with zero attached hydrogens (tertiary/aromatic N) is 2. The number of rotatable bonds is 6. The molecule has 7 heteroatoms. The van der Waals surface area contributed by atoms with Gasteiger partial charge in [0.15, 0.2) is 11.5 Å². The predicted molar refractivity (Wildman–Crippen MR) is 113 cm³/mol. The molecule has 0 radical (unpaired) electrons. The summed E-state index contributed by atoms with van der Waals surface area (Å²) >= 11 is 6.05. The van der Waals surface area contributed by atoms with Gasteiger partial charge in [-0.05, 0) is 36.8 Å². The van der Waals surface area contributed by atoms with Crippen LogP contribution in [-0.2, 0) is 4.79 Å². The van der Waals surface area contributed by atoms with Crippen LogP contribution in [0.2, 0.25) is 5.02 Å². The van der Waals surface area contributed by atoms with Gasteiger partial charge in [0.05, 0.1) is 0 Å². The highest BCUT2D eigenvalue weighted by Crippen LogP contribution is 2.26. The zero-order valence-corrected chi connectivity index (χ0v) is 18.1. The van der Waals surface area contributed by atoms with Gasteiger partial charge in [0, 0.05) is 29.2 Å². The standard InChI is InChI=1S/C22H28ClN3O3/c1-13(2)8-17-12-26(19(9-14(3)4)21(27)24-17)22(28)18-11-20(29-25-18)15-6-5-7-16(23)10-15/h5-7,10-11,13-14,17,19H,8-9,12H2,1-4H3,(H,24,27)/t17-,19-/m0/s1. The van der Waals surface area contributed by atoms with Gasteiger partial charge in [0.2, 0.25) is 5.91 Å². The van der Waals surface area contributed by atoms with Crippen LogP contribution in [0.25, 0.3) is 11.3 Å². The molecule has 0 unspecified atom stereocenters. The average Bonchev–Trinajstić information content (AvgIpc) is 3.12. The Morgan fingerprint density at radius 1 is 1.24 bits per heavy atom. The second-order valence-electron chi connectivity index (χ2n) is 8.52. The summed E-state index contributed by atoms with van der Waals surface area (Å²) in [4.78, 5) is 27.7. The van der Waals surface area contributed by atoms with Crippen molar-refractivity contribution in [3.05, 3.63) is 41.0 Å². The fourth-order valence-electron chi connectivity index (χ4n) is 3.76. The lowest BCUT2D eigenvalue weighted by molar-refractivity contribution is -0.130. The third-order valence-corrected chi connectivity index (χ3v) is 5.23. The zero-order chi connectivity index (χ0) is 21.1. The maximum atomic E-state index is 13.3. The fourth-order valence-corrected chi connectivity index (χ4v) is 3.95. The van der Waals surface area contributed by atoms with Crippen molar-refractivity contribution in [3.8, 4) is 11.3 Å². The van der Waals surface area contributed by atoms with Crippen LogP contribution in [0.1, 0.15) is 51.0 Å². The number of aromatic nitrogens is 1. The quantitative estimate of drug-likeness (QED) is 0.755. The first-order chi connectivity index (χ1) is 13.7. The topological polar surface area (TPSA) is 75.4 Å². The predicted octanol–water partition coefficient (Wildman–Crippen LogP) is 4.40. The number of piperazine rings is 1. The molecule has 1 aliphatic rings. The van der Waals surface area contributed by atoms with E-state index in [1.54, 1.807) is 23.1 Å². The summed E-state index contributed by atoms with van der Waals surface area (Å²) in [5, 5.41) is 7.64.